The van der Waals surface area contributed by atoms with Gasteiger partial charge in [0.1, 0.15) is 0 Å². The fraction of sp³-hybridized carbons (Fsp3) is 0.100. The maximum atomic E-state index is 10.8. The molecule has 1 aromatic carbocycles. The van der Waals surface area contributed by atoms with Crippen molar-refractivity contribution in [1.29, 1.82) is 0 Å². The second-order valence-electron chi connectivity index (χ2n) is 2.88. The highest BCUT2D eigenvalue weighted by atomic mass is 79.9. The van der Waals surface area contributed by atoms with E-state index in [1.54, 1.807) is 6.07 Å². The quantitative estimate of drug-likeness (QED) is 0.852. The van der Waals surface area contributed by atoms with Crippen molar-refractivity contribution in [3.63, 3.8) is 0 Å². The summed E-state index contributed by atoms with van der Waals surface area (Å²) in [5.74, 6) is 0. The largest absolute Gasteiger partial charge is 0.392 e. The Hall–Kier alpha value is -0.710. The van der Waals surface area contributed by atoms with Crippen molar-refractivity contribution < 1.29 is 9.90 Å². The average molecular weight is 271 g/mol. The van der Waals surface area contributed by atoms with Gasteiger partial charge >= 0.3 is 0 Å². The molecule has 0 aliphatic carbocycles. The topological polar surface area (TPSA) is 37.3 Å². The van der Waals surface area contributed by atoms with Gasteiger partial charge < -0.3 is 5.11 Å². The number of halogens is 1. The second kappa shape index (κ2) is 3.81. The number of hydrogen-bond acceptors (Lipinski definition) is 3. The highest BCUT2D eigenvalue weighted by Gasteiger charge is 2.10. The molecule has 0 bridgehead atoms. The lowest BCUT2D eigenvalue weighted by Crippen LogP contribution is -1.86. The summed E-state index contributed by atoms with van der Waals surface area (Å²) in [7, 11) is 0. The third-order valence-corrected chi connectivity index (χ3v) is 4.06. The van der Waals surface area contributed by atoms with E-state index in [2.05, 4.69) is 15.9 Å². The summed E-state index contributed by atoms with van der Waals surface area (Å²) in [6, 6.07) is 3.61. The Morgan fingerprint density at radius 2 is 2.29 bits per heavy atom. The Balaban J connectivity index is 2.88. The van der Waals surface area contributed by atoms with Crippen molar-refractivity contribution in [2.45, 2.75) is 6.61 Å². The van der Waals surface area contributed by atoms with E-state index in [-0.39, 0.29) is 6.61 Å². The van der Waals surface area contributed by atoms with Crippen molar-refractivity contribution in [3.05, 3.63) is 33.1 Å². The van der Waals surface area contributed by atoms with Crippen LogP contribution in [-0.2, 0) is 6.61 Å². The van der Waals surface area contributed by atoms with E-state index >= 15 is 0 Å². The van der Waals surface area contributed by atoms with Crippen LogP contribution in [0, 0.1) is 0 Å². The van der Waals surface area contributed by atoms with Gasteiger partial charge in [-0.3, -0.25) is 4.79 Å². The van der Waals surface area contributed by atoms with Crippen molar-refractivity contribution in [3.8, 4) is 0 Å². The molecule has 1 heterocycles. The molecule has 0 amide bonds. The molecule has 1 N–H and O–H groups in total. The first-order valence-corrected chi connectivity index (χ1v) is 5.69. The van der Waals surface area contributed by atoms with Crippen LogP contribution in [0.1, 0.15) is 15.9 Å². The summed E-state index contributed by atoms with van der Waals surface area (Å²) >= 11 is 4.94. The molecule has 0 spiro atoms. The predicted molar refractivity (Wildman–Crippen MR) is 60.8 cm³/mol. The van der Waals surface area contributed by atoms with Gasteiger partial charge in [-0.25, -0.2) is 0 Å². The molecular weight excluding hydrogens is 264 g/mol. The van der Waals surface area contributed by atoms with Crippen molar-refractivity contribution in [2.75, 3.05) is 0 Å². The van der Waals surface area contributed by atoms with Crippen molar-refractivity contribution >= 4 is 43.6 Å². The van der Waals surface area contributed by atoms with Gasteiger partial charge in [0.2, 0.25) is 0 Å². The molecule has 0 aliphatic heterocycles. The number of benzene rings is 1. The van der Waals surface area contributed by atoms with E-state index in [0.29, 0.717) is 5.56 Å². The molecule has 14 heavy (non-hydrogen) atoms. The maximum absolute atomic E-state index is 10.8. The van der Waals surface area contributed by atoms with Gasteiger partial charge in [-0.2, -0.15) is 0 Å². The van der Waals surface area contributed by atoms with Crippen LogP contribution in [0.15, 0.2) is 22.0 Å². The molecular formula is C10H7BrO2S. The average Bonchev–Trinajstić information content (AvgIpc) is 2.63. The van der Waals surface area contributed by atoms with Crippen LogP contribution in [0.25, 0.3) is 10.1 Å². The second-order valence-corrected chi connectivity index (χ2v) is 4.61. The Morgan fingerprint density at radius 1 is 1.50 bits per heavy atom. The SMILES string of the molecule is O=Cc1ccc(Br)c2scc(CO)c12. The van der Waals surface area contributed by atoms with Gasteiger partial charge in [-0.15, -0.1) is 11.3 Å². The van der Waals surface area contributed by atoms with Crippen molar-refractivity contribution in [1.82, 2.24) is 0 Å². The van der Waals surface area contributed by atoms with Gasteiger partial charge in [0.05, 0.1) is 6.61 Å². The maximum Gasteiger partial charge on any atom is 0.150 e. The third kappa shape index (κ3) is 1.39. The number of rotatable bonds is 2. The molecule has 2 rings (SSSR count). The number of aliphatic hydroxyl groups is 1. The van der Waals surface area contributed by atoms with E-state index in [1.807, 2.05) is 11.4 Å². The van der Waals surface area contributed by atoms with E-state index in [4.69, 9.17) is 5.11 Å². The van der Waals surface area contributed by atoms with Crippen LogP contribution in [0.3, 0.4) is 0 Å². The Bertz CT molecular complexity index is 490. The van der Waals surface area contributed by atoms with Crippen LogP contribution in [0.5, 0.6) is 0 Å². The zero-order chi connectivity index (χ0) is 10.1. The van der Waals surface area contributed by atoms with Gasteiger partial charge in [0, 0.05) is 20.1 Å². The Morgan fingerprint density at radius 3 is 2.93 bits per heavy atom. The first kappa shape index (κ1) is 9.83. The Kier molecular flexibility index (Phi) is 2.67. The highest BCUT2D eigenvalue weighted by molar-refractivity contribution is 9.10. The molecule has 0 saturated heterocycles. The summed E-state index contributed by atoms with van der Waals surface area (Å²) in [6.07, 6.45) is 0.820. The first-order chi connectivity index (χ1) is 6.77. The number of aliphatic hydroxyl groups excluding tert-OH is 1. The smallest absolute Gasteiger partial charge is 0.150 e. The number of hydrogen-bond donors (Lipinski definition) is 1. The fourth-order valence-electron chi connectivity index (χ4n) is 1.42. The van der Waals surface area contributed by atoms with Gasteiger partial charge in [-0.05, 0) is 39.0 Å². The van der Waals surface area contributed by atoms with Gasteiger partial charge in [0.25, 0.3) is 0 Å². The fourth-order valence-corrected chi connectivity index (χ4v) is 3.03. The zero-order valence-corrected chi connectivity index (χ0v) is 9.56. The number of carbonyl (C=O) groups excluding carboxylic acids is 1. The molecule has 4 heteroatoms. The molecule has 0 unspecified atom stereocenters. The van der Waals surface area contributed by atoms with E-state index in [1.165, 1.54) is 11.3 Å². The molecule has 0 aliphatic rings. The molecule has 0 saturated carbocycles. The highest BCUT2D eigenvalue weighted by Crippen LogP contribution is 2.34. The number of thiophene rings is 1. The Labute approximate surface area is 93.3 Å². The molecule has 2 nitrogen and oxygen atoms in total. The predicted octanol–water partition coefficient (Wildman–Crippen LogP) is 2.97. The van der Waals surface area contributed by atoms with Crippen molar-refractivity contribution in [2.24, 2.45) is 0 Å². The van der Waals surface area contributed by atoms with Crippen LogP contribution < -0.4 is 0 Å². The summed E-state index contributed by atoms with van der Waals surface area (Å²) in [5, 5.41) is 11.9. The first-order valence-electron chi connectivity index (χ1n) is 4.02. The number of fused-ring (bicyclic) bond motifs is 1. The molecule has 72 valence electrons. The lowest BCUT2D eigenvalue weighted by molar-refractivity contribution is 0.112. The lowest BCUT2D eigenvalue weighted by Gasteiger charge is -1.99. The zero-order valence-electron chi connectivity index (χ0n) is 7.16. The summed E-state index contributed by atoms with van der Waals surface area (Å²) in [5.41, 5.74) is 1.45. The normalized spacial score (nSPS) is 10.7. The third-order valence-electron chi connectivity index (χ3n) is 2.08. The minimum atomic E-state index is -0.0305. The van der Waals surface area contributed by atoms with Gasteiger partial charge in [0.15, 0.2) is 6.29 Å². The van der Waals surface area contributed by atoms with E-state index < -0.39 is 0 Å². The van der Waals surface area contributed by atoms with Crippen LogP contribution >= 0.6 is 27.3 Å². The van der Waals surface area contributed by atoms with Crippen LogP contribution in [0.4, 0.5) is 0 Å². The summed E-state index contributed by atoms with van der Waals surface area (Å²) in [6.45, 7) is -0.0305. The lowest BCUT2D eigenvalue weighted by atomic mass is 10.1. The van der Waals surface area contributed by atoms with Gasteiger partial charge in [-0.1, -0.05) is 0 Å². The minimum Gasteiger partial charge on any atom is -0.392 e. The number of aldehydes is 1. The van der Waals surface area contributed by atoms with E-state index in [0.717, 1.165) is 26.4 Å². The minimum absolute atomic E-state index is 0.0305. The molecule has 0 fully saturated rings. The molecule has 0 radical (unpaired) electrons. The van der Waals surface area contributed by atoms with Crippen LogP contribution in [-0.4, -0.2) is 11.4 Å². The van der Waals surface area contributed by atoms with Crippen LogP contribution in [0.2, 0.25) is 0 Å². The summed E-state index contributed by atoms with van der Waals surface area (Å²) < 4.78 is 1.97. The molecule has 1 aromatic heterocycles. The standard InChI is InChI=1S/C10H7BrO2S/c11-8-2-1-6(3-12)9-7(4-13)5-14-10(8)9/h1-3,5,13H,4H2. The molecule has 0 atom stereocenters. The summed E-state index contributed by atoms with van der Waals surface area (Å²) in [4.78, 5) is 10.8. The van der Waals surface area contributed by atoms with E-state index in [9.17, 15) is 4.79 Å². The molecule has 2 aromatic rings. The number of carbonyl (C=O) groups is 1. The monoisotopic (exact) mass is 270 g/mol.